The van der Waals surface area contributed by atoms with E-state index in [-0.39, 0.29) is 29.9 Å². The summed E-state index contributed by atoms with van der Waals surface area (Å²) in [6.07, 6.45) is 0.521. The summed E-state index contributed by atoms with van der Waals surface area (Å²) in [4.78, 5) is 20.1. The van der Waals surface area contributed by atoms with Crippen molar-refractivity contribution in [2.45, 2.75) is 6.42 Å². The number of carbonyl (C=O) groups is 1. The number of likely N-dealkylation sites (N-methyl/N-ethyl adjacent to an activating group) is 1. The van der Waals surface area contributed by atoms with Gasteiger partial charge in [0.1, 0.15) is 0 Å². The van der Waals surface area contributed by atoms with E-state index in [9.17, 15) is 4.79 Å². The molecule has 0 saturated carbocycles. The summed E-state index contributed by atoms with van der Waals surface area (Å²) in [5, 5.41) is 3.20. The number of rotatable bonds is 3. The molecule has 1 saturated heterocycles. The van der Waals surface area contributed by atoms with Gasteiger partial charge in [0.05, 0.1) is 19.8 Å². The third kappa shape index (κ3) is 4.27. The van der Waals surface area contributed by atoms with E-state index < -0.39 is 0 Å². The van der Waals surface area contributed by atoms with E-state index >= 15 is 0 Å². The van der Waals surface area contributed by atoms with Crippen molar-refractivity contribution in [2.24, 2.45) is 4.99 Å². The summed E-state index contributed by atoms with van der Waals surface area (Å²) in [5.41, 5.74) is 0. The minimum atomic E-state index is 0. The Hall–Kier alpha value is -0.570. The van der Waals surface area contributed by atoms with Crippen molar-refractivity contribution >= 4 is 35.8 Å². The van der Waals surface area contributed by atoms with Gasteiger partial charge in [0.15, 0.2) is 5.96 Å². The van der Waals surface area contributed by atoms with Crippen molar-refractivity contribution in [1.29, 1.82) is 0 Å². The highest BCUT2D eigenvalue weighted by Gasteiger charge is 2.17. The highest BCUT2D eigenvalue weighted by atomic mass is 127. The van der Waals surface area contributed by atoms with Crippen molar-refractivity contribution in [2.75, 3.05) is 53.0 Å². The molecule has 0 atom stereocenters. The van der Waals surface area contributed by atoms with Gasteiger partial charge in [0.25, 0.3) is 0 Å². The molecule has 0 aliphatic carbocycles. The number of guanidine groups is 1. The topological polar surface area (TPSA) is 57.2 Å². The molecule has 7 heteroatoms. The van der Waals surface area contributed by atoms with Crippen molar-refractivity contribution in [3.05, 3.63) is 0 Å². The Morgan fingerprint density at radius 1 is 1.39 bits per heavy atom. The van der Waals surface area contributed by atoms with E-state index in [1.807, 2.05) is 11.9 Å². The van der Waals surface area contributed by atoms with Crippen LogP contribution in [0.1, 0.15) is 6.42 Å². The molecule has 2 aliphatic heterocycles. The van der Waals surface area contributed by atoms with E-state index in [1.54, 1.807) is 0 Å². The Balaban J connectivity index is 0.00000162. The van der Waals surface area contributed by atoms with Gasteiger partial charge in [-0.25, -0.2) is 0 Å². The molecule has 18 heavy (non-hydrogen) atoms. The van der Waals surface area contributed by atoms with Crippen molar-refractivity contribution in [3.8, 4) is 0 Å². The predicted molar refractivity (Wildman–Crippen MR) is 80.4 cm³/mol. The number of nitrogens with zero attached hydrogens (tertiary/aromatic N) is 3. The van der Waals surface area contributed by atoms with Crippen LogP contribution in [-0.4, -0.2) is 74.7 Å². The lowest BCUT2D eigenvalue weighted by Gasteiger charge is -2.27. The number of hydrogen-bond acceptors (Lipinski definition) is 5. The van der Waals surface area contributed by atoms with Crippen molar-refractivity contribution < 1.29 is 9.53 Å². The number of nitrogens with one attached hydrogen (secondary N) is 1. The Bertz CT molecular complexity index is 305. The van der Waals surface area contributed by atoms with Crippen LogP contribution in [0, 0.1) is 0 Å². The molecular weight excluding hydrogens is 347 g/mol. The second-order valence-corrected chi connectivity index (χ2v) is 4.30. The number of aliphatic imine (C=N–C) groups is 1. The predicted octanol–water partition coefficient (Wildman–Crippen LogP) is -0.256. The van der Waals surface area contributed by atoms with Gasteiger partial charge in [0, 0.05) is 39.6 Å². The summed E-state index contributed by atoms with van der Waals surface area (Å²) in [7, 11) is 2.00. The van der Waals surface area contributed by atoms with Crippen molar-refractivity contribution in [1.82, 2.24) is 15.1 Å². The van der Waals surface area contributed by atoms with Gasteiger partial charge in [0.2, 0.25) is 5.91 Å². The minimum Gasteiger partial charge on any atom is -0.378 e. The van der Waals surface area contributed by atoms with Gasteiger partial charge in [-0.15, -0.1) is 24.0 Å². The molecule has 0 aromatic heterocycles. The zero-order valence-corrected chi connectivity index (χ0v) is 13.1. The van der Waals surface area contributed by atoms with Crippen LogP contribution in [0.4, 0.5) is 0 Å². The number of morpholine rings is 1. The molecule has 1 N–H and O–H groups in total. The third-order valence-corrected chi connectivity index (χ3v) is 3.04. The van der Waals surface area contributed by atoms with Crippen LogP contribution >= 0.6 is 24.0 Å². The van der Waals surface area contributed by atoms with Gasteiger partial charge in [-0.3, -0.25) is 9.79 Å². The maximum absolute atomic E-state index is 11.8. The van der Waals surface area contributed by atoms with Gasteiger partial charge >= 0.3 is 0 Å². The molecule has 0 aromatic carbocycles. The molecule has 104 valence electrons. The summed E-state index contributed by atoms with van der Waals surface area (Å²) in [6, 6.07) is 0. The monoisotopic (exact) mass is 368 g/mol. The largest absolute Gasteiger partial charge is 0.378 e. The van der Waals surface area contributed by atoms with Crippen LogP contribution in [0.15, 0.2) is 4.99 Å². The van der Waals surface area contributed by atoms with Crippen molar-refractivity contribution in [3.63, 3.8) is 0 Å². The molecular formula is C11H21IN4O2. The zero-order valence-electron chi connectivity index (χ0n) is 10.7. The van der Waals surface area contributed by atoms with E-state index in [4.69, 9.17) is 4.74 Å². The quantitative estimate of drug-likeness (QED) is 0.698. The van der Waals surface area contributed by atoms with Gasteiger partial charge in [-0.05, 0) is 0 Å². The second-order valence-electron chi connectivity index (χ2n) is 4.30. The summed E-state index contributed by atoms with van der Waals surface area (Å²) < 4.78 is 5.21. The molecule has 0 unspecified atom stereocenters. The lowest BCUT2D eigenvalue weighted by molar-refractivity contribution is -0.135. The molecule has 2 aliphatic rings. The van der Waals surface area contributed by atoms with Crippen LogP contribution in [0.2, 0.25) is 0 Å². The van der Waals surface area contributed by atoms with Crippen LogP contribution in [0.3, 0.4) is 0 Å². The molecule has 6 nitrogen and oxygen atoms in total. The molecule has 0 aromatic rings. The van der Waals surface area contributed by atoms with Crippen LogP contribution < -0.4 is 5.32 Å². The molecule has 0 radical (unpaired) electrons. The van der Waals surface area contributed by atoms with E-state index in [0.29, 0.717) is 26.2 Å². The standard InChI is InChI=1S/C11H20N4O2.HI/c1-14-5-4-13-11(14)12-3-2-10(16)15-6-8-17-9-7-15;/h2-9H2,1H3,(H,12,13);1H. The Morgan fingerprint density at radius 3 is 2.72 bits per heavy atom. The number of amides is 1. The van der Waals surface area contributed by atoms with E-state index in [2.05, 4.69) is 15.2 Å². The maximum atomic E-state index is 11.8. The number of hydrogen-bond donors (Lipinski definition) is 1. The summed E-state index contributed by atoms with van der Waals surface area (Å²) in [5.74, 6) is 1.10. The lowest BCUT2D eigenvalue weighted by atomic mass is 10.3. The first-order valence-corrected chi connectivity index (χ1v) is 6.12. The number of ether oxygens (including phenoxy) is 1. The second kappa shape index (κ2) is 7.78. The highest BCUT2D eigenvalue weighted by Crippen LogP contribution is 2.00. The van der Waals surface area contributed by atoms with E-state index in [1.165, 1.54) is 0 Å². The normalized spacial score (nSPS) is 19.3. The fourth-order valence-electron chi connectivity index (χ4n) is 1.98. The Labute approximate surface area is 125 Å². The molecule has 2 heterocycles. The fourth-order valence-corrected chi connectivity index (χ4v) is 1.98. The van der Waals surface area contributed by atoms with Crippen LogP contribution in [-0.2, 0) is 9.53 Å². The Kier molecular flexibility index (Phi) is 6.69. The average Bonchev–Trinajstić information content (AvgIpc) is 2.76. The first-order valence-electron chi connectivity index (χ1n) is 6.12. The Morgan fingerprint density at radius 2 is 2.11 bits per heavy atom. The van der Waals surface area contributed by atoms with E-state index in [0.717, 1.165) is 32.1 Å². The van der Waals surface area contributed by atoms with Gasteiger partial charge in [-0.2, -0.15) is 0 Å². The molecule has 0 spiro atoms. The van der Waals surface area contributed by atoms with Crippen LogP contribution in [0.25, 0.3) is 0 Å². The summed E-state index contributed by atoms with van der Waals surface area (Å²) in [6.45, 7) is 5.22. The first kappa shape index (κ1) is 15.5. The minimum absolute atomic E-state index is 0. The highest BCUT2D eigenvalue weighted by molar-refractivity contribution is 14.0. The fraction of sp³-hybridized carbons (Fsp3) is 0.818. The molecule has 1 amide bonds. The number of carbonyl (C=O) groups excluding carboxylic acids is 1. The third-order valence-electron chi connectivity index (χ3n) is 3.04. The van der Waals surface area contributed by atoms with Gasteiger partial charge in [-0.1, -0.05) is 0 Å². The lowest BCUT2D eigenvalue weighted by Crippen LogP contribution is -2.43. The molecule has 1 fully saturated rings. The SMILES string of the molecule is CN1CCN=C1NCCC(=O)N1CCOCC1.I. The number of halogens is 1. The first-order chi connectivity index (χ1) is 8.27. The zero-order chi connectivity index (χ0) is 12.1. The van der Waals surface area contributed by atoms with Crippen LogP contribution in [0.5, 0.6) is 0 Å². The molecule has 2 rings (SSSR count). The summed E-state index contributed by atoms with van der Waals surface area (Å²) >= 11 is 0. The average molecular weight is 368 g/mol. The van der Waals surface area contributed by atoms with Gasteiger partial charge < -0.3 is 19.9 Å². The molecule has 0 bridgehead atoms. The maximum Gasteiger partial charge on any atom is 0.224 e. The smallest absolute Gasteiger partial charge is 0.224 e.